The van der Waals surface area contributed by atoms with Gasteiger partial charge in [0.25, 0.3) is 0 Å². The summed E-state index contributed by atoms with van der Waals surface area (Å²) in [4.78, 5) is 11.3. The van der Waals surface area contributed by atoms with Gasteiger partial charge in [-0.1, -0.05) is 51.1 Å². The van der Waals surface area contributed by atoms with E-state index in [0.717, 1.165) is 48.2 Å². The maximum Gasteiger partial charge on any atom is 0.192 e. The Morgan fingerprint density at radius 3 is 2.18 bits per heavy atom. The van der Waals surface area contributed by atoms with Crippen LogP contribution in [-0.2, 0) is 17.4 Å². The van der Waals surface area contributed by atoms with Crippen molar-refractivity contribution in [2.75, 3.05) is 14.2 Å². The Hall–Kier alpha value is -2.90. The van der Waals surface area contributed by atoms with Crippen LogP contribution in [-0.4, -0.2) is 38.6 Å². The molecule has 0 aliphatic carbocycles. The number of hydrogen-bond acceptors (Lipinski definition) is 5. The molecule has 1 unspecified atom stereocenters. The van der Waals surface area contributed by atoms with E-state index in [1.54, 1.807) is 20.3 Å². The first kappa shape index (κ1) is 29.6. The van der Waals surface area contributed by atoms with Crippen LogP contribution in [0.4, 0.5) is 0 Å². The number of benzene rings is 2. The van der Waals surface area contributed by atoms with E-state index in [9.17, 15) is 4.79 Å². The predicted octanol–water partition coefficient (Wildman–Crippen LogP) is 7.42. The highest BCUT2D eigenvalue weighted by Crippen LogP contribution is 2.44. The van der Waals surface area contributed by atoms with Crippen molar-refractivity contribution in [3.05, 3.63) is 77.1 Å². The van der Waals surface area contributed by atoms with Crippen LogP contribution in [0.25, 0.3) is 0 Å². The van der Waals surface area contributed by atoms with Crippen LogP contribution in [0.15, 0.2) is 54.7 Å². The minimum absolute atomic E-state index is 0.0368. The molecule has 6 nitrogen and oxygen atoms in total. The minimum atomic E-state index is -2.17. The van der Waals surface area contributed by atoms with Gasteiger partial charge in [0.2, 0.25) is 0 Å². The van der Waals surface area contributed by atoms with Gasteiger partial charge < -0.3 is 13.9 Å². The second-order valence-corrected chi connectivity index (χ2v) is 16.3. The van der Waals surface area contributed by atoms with Gasteiger partial charge in [0.05, 0.1) is 20.3 Å². The summed E-state index contributed by atoms with van der Waals surface area (Å²) in [6.45, 7) is 14.0. The van der Waals surface area contributed by atoms with E-state index in [1.807, 2.05) is 17.8 Å². The molecular formula is C31H44N2O4Si. The Morgan fingerprint density at radius 2 is 1.66 bits per heavy atom. The Morgan fingerprint density at radius 1 is 1.03 bits per heavy atom. The highest BCUT2D eigenvalue weighted by molar-refractivity contribution is 6.74. The number of aldehydes is 1. The molecular weight excluding hydrogens is 492 g/mol. The second kappa shape index (κ2) is 12.8. The van der Waals surface area contributed by atoms with E-state index in [-0.39, 0.29) is 17.1 Å². The largest absolute Gasteiger partial charge is 0.496 e. The van der Waals surface area contributed by atoms with E-state index in [1.165, 1.54) is 5.56 Å². The fourth-order valence-corrected chi connectivity index (χ4v) is 5.85. The van der Waals surface area contributed by atoms with Gasteiger partial charge in [-0.3, -0.25) is 9.48 Å². The molecule has 2 atom stereocenters. The van der Waals surface area contributed by atoms with E-state index < -0.39 is 8.32 Å². The summed E-state index contributed by atoms with van der Waals surface area (Å²) >= 11 is 0. The van der Waals surface area contributed by atoms with Crippen LogP contribution in [0, 0.1) is 12.8 Å². The van der Waals surface area contributed by atoms with Gasteiger partial charge in [-0.15, -0.1) is 0 Å². The lowest BCUT2D eigenvalue weighted by Crippen LogP contribution is -2.43. The fraction of sp³-hybridized carbons (Fsp3) is 0.484. The molecule has 0 spiro atoms. The Balaban J connectivity index is 2.05. The molecule has 0 fully saturated rings. The average molecular weight is 537 g/mol. The quantitative estimate of drug-likeness (QED) is 0.168. The molecule has 0 aliphatic rings. The summed E-state index contributed by atoms with van der Waals surface area (Å²) in [5, 5.41) is 4.53. The highest BCUT2D eigenvalue weighted by Gasteiger charge is 2.41. The van der Waals surface area contributed by atoms with Gasteiger partial charge in [0.1, 0.15) is 17.2 Å². The summed E-state index contributed by atoms with van der Waals surface area (Å²) in [6, 6.07) is 16.5. The van der Waals surface area contributed by atoms with Crippen LogP contribution in [0.1, 0.15) is 66.9 Å². The fourth-order valence-electron chi connectivity index (χ4n) is 4.53. The molecule has 0 bridgehead atoms. The molecule has 2 aromatic carbocycles. The van der Waals surface area contributed by atoms with Gasteiger partial charge >= 0.3 is 0 Å². The Bertz CT molecular complexity index is 1160. The van der Waals surface area contributed by atoms with Crippen molar-refractivity contribution in [1.82, 2.24) is 9.78 Å². The van der Waals surface area contributed by atoms with E-state index in [4.69, 9.17) is 13.9 Å². The molecule has 0 aliphatic heterocycles. The van der Waals surface area contributed by atoms with Crippen molar-refractivity contribution in [2.24, 2.45) is 5.92 Å². The number of nitrogens with zero attached hydrogens (tertiary/aromatic N) is 2. The number of aromatic nitrogens is 2. The molecule has 38 heavy (non-hydrogen) atoms. The summed E-state index contributed by atoms with van der Waals surface area (Å²) < 4.78 is 20.6. The molecule has 7 heteroatoms. The highest BCUT2D eigenvalue weighted by atomic mass is 28.4. The number of rotatable bonds is 13. The monoisotopic (exact) mass is 536 g/mol. The van der Waals surface area contributed by atoms with Crippen molar-refractivity contribution in [1.29, 1.82) is 0 Å². The summed E-state index contributed by atoms with van der Waals surface area (Å²) in [5.74, 6) is 1.69. The zero-order valence-corrected chi connectivity index (χ0v) is 25.3. The lowest BCUT2D eigenvalue weighted by atomic mass is 9.89. The lowest BCUT2D eigenvalue weighted by molar-refractivity contribution is 0.0968. The first-order valence-electron chi connectivity index (χ1n) is 13.4. The summed E-state index contributed by atoms with van der Waals surface area (Å²) in [5.41, 5.74) is 3.78. The third kappa shape index (κ3) is 7.35. The van der Waals surface area contributed by atoms with Gasteiger partial charge in [-0.25, -0.2) is 0 Å². The van der Waals surface area contributed by atoms with E-state index >= 15 is 0 Å². The average Bonchev–Trinajstić information content (AvgIpc) is 3.34. The molecule has 0 saturated heterocycles. The summed E-state index contributed by atoms with van der Waals surface area (Å²) in [6.07, 6.45) is 5.41. The number of hydrogen-bond donors (Lipinski definition) is 0. The first-order chi connectivity index (χ1) is 18.0. The molecule has 206 valence electrons. The van der Waals surface area contributed by atoms with Crippen molar-refractivity contribution >= 4 is 14.6 Å². The van der Waals surface area contributed by atoms with Gasteiger partial charge in [-0.05, 0) is 73.6 Å². The Kier molecular flexibility index (Phi) is 9.96. The van der Waals surface area contributed by atoms with Crippen molar-refractivity contribution in [2.45, 2.75) is 77.7 Å². The van der Waals surface area contributed by atoms with E-state index in [2.05, 4.69) is 81.4 Å². The third-order valence-corrected chi connectivity index (χ3v) is 12.3. The molecule has 3 aromatic rings. The van der Waals surface area contributed by atoms with Crippen LogP contribution in [0.5, 0.6) is 11.5 Å². The molecule has 0 radical (unpaired) electrons. The maximum absolute atomic E-state index is 11.3. The normalized spacial score (nSPS) is 13.7. The lowest BCUT2D eigenvalue weighted by Gasteiger charge is -2.42. The van der Waals surface area contributed by atoms with Crippen molar-refractivity contribution in [3.63, 3.8) is 0 Å². The van der Waals surface area contributed by atoms with E-state index in [0.29, 0.717) is 12.2 Å². The molecule has 1 heterocycles. The van der Waals surface area contributed by atoms with Crippen LogP contribution >= 0.6 is 0 Å². The topological polar surface area (TPSA) is 62.6 Å². The molecule has 0 amide bonds. The molecule has 1 aromatic heterocycles. The smallest absolute Gasteiger partial charge is 0.192 e. The van der Waals surface area contributed by atoms with Crippen LogP contribution < -0.4 is 9.47 Å². The number of carbonyl (C=O) groups is 1. The number of carbonyl (C=O) groups excluding carboxylic acids is 1. The zero-order valence-electron chi connectivity index (χ0n) is 24.3. The minimum Gasteiger partial charge on any atom is -0.496 e. The molecule has 0 N–H and O–H groups in total. The zero-order chi connectivity index (χ0) is 27.9. The standard InChI is InChI=1S/C31H44N2O4Si/c1-23-28(35-5)19-26(20-29(23)36-6)30(37-38(7,8)31(2,3)4)25(21-33-18-17-27(22-34)32-33)16-12-15-24-13-10-9-11-14-24/h9-11,13-14,17-20,22,25,30H,12,15-16,21H2,1-8H3/t25-,30?/m1/s1. The predicted molar refractivity (Wildman–Crippen MR) is 156 cm³/mol. The number of methoxy groups -OCH3 is 2. The third-order valence-electron chi connectivity index (χ3n) is 7.85. The van der Waals surface area contributed by atoms with Crippen molar-refractivity contribution < 1.29 is 18.7 Å². The summed E-state index contributed by atoms with van der Waals surface area (Å²) in [7, 11) is 1.21. The van der Waals surface area contributed by atoms with Gasteiger partial charge in [-0.2, -0.15) is 5.10 Å². The molecule has 0 saturated carbocycles. The maximum atomic E-state index is 11.3. The Labute approximate surface area is 229 Å². The number of aryl methyl sites for hydroxylation is 1. The SMILES string of the molecule is COc1cc(C(O[Si](C)(C)C(C)(C)C)[C@H](CCCc2ccccc2)Cn2ccc(C=O)n2)cc(OC)c1C. The molecule has 3 rings (SSSR count). The van der Waals surface area contributed by atoms with Crippen LogP contribution in [0.3, 0.4) is 0 Å². The van der Waals surface area contributed by atoms with Crippen LogP contribution in [0.2, 0.25) is 18.1 Å². The second-order valence-electron chi connectivity index (χ2n) is 11.6. The first-order valence-corrected chi connectivity index (χ1v) is 16.3. The van der Waals surface area contributed by atoms with Gasteiger partial charge in [0, 0.05) is 24.2 Å². The van der Waals surface area contributed by atoms with Crippen molar-refractivity contribution in [3.8, 4) is 11.5 Å². The number of ether oxygens (including phenoxy) is 2. The van der Waals surface area contributed by atoms with Gasteiger partial charge in [0.15, 0.2) is 14.6 Å².